The second kappa shape index (κ2) is 10.3. The standard InChI is InChI=1S/C23H25N5O4S/c1-31-17-11-9-16(10-12-17)24-20(29)22-27-26-21(33-22)15-6-5-13-28(14-15)23(30)25-18-7-3-4-8-19(18)32-2/h3-4,7-12,15H,5-6,13-14H2,1-2H3,(H,24,29)(H,25,30)/t15-/m0/s1. The summed E-state index contributed by atoms with van der Waals surface area (Å²) < 4.78 is 10.4. The lowest BCUT2D eigenvalue weighted by Crippen LogP contribution is -2.41. The highest BCUT2D eigenvalue weighted by atomic mass is 32.1. The first-order valence-corrected chi connectivity index (χ1v) is 11.4. The van der Waals surface area contributed by atoms with Gasteiger partial charge in [0.05, 0.1) is 19.9 Å². The fourth-order valence-corrected chi connectivity index (χ4v) is 4.52. The monoisotopic (exact) mass is 467 g/mol. The van der Waals surface area contributed by atoms with Crippen LogP contribution in [0.25, 0.3) is 0 Å². The Hall–Kier alpha value is -3.66. The maximum Gasteiger partial charge on any atom is 0.321 e. The Balaban J connectivity index is 1.38. The predicted octanol–water partition coefficient (Wildman–Crippen LogP) is 4.22. The van der Waals surface area contributed by atoms with Crippen LogP contribution in [0.2, 0.25) is 0 Å². The van der Waals surface area contributed by atoms with Crippen molar-refractivity contribution in [3.63, 3.8) is 0 Å². The molecule has 0 spiro atoms. The predicted molar refractivity (Wildman–Crippen MR) is 126 cm³/mol. The Kier molecular flexibility index (Phi) is 7.04. The molecule has 2 N–H and O–H groups in total. The molecular formula is C23H25N5O4S. The highest BCUT2D eigenvalue weighted by molar-refractivity contribution is 7.13. The third-order valence-corrected chi connectivity index (χ3v) is 6.47. The number of urea groups is 1. The number of nitrogens with zero attached hydrogens (tertiary/aromatic N) is 3. The number of benzene rings is 2. The van der Waals surface area contributed by atoms with E-state index in [9.17, 15) is 9.59 Å². The van der Waals surface area contributed by atoms with Crippen LogP contribution in [0.15, 0.2) is 48.5 Å². The van der Waals surface area contributed by atoms with Crippen LogP contribution in [0, 0.1) is 0 Å². The van der Waals surface area contributed by atoms with E-state index in [1.54, 1.807) is 55.5 Å². The van der Waals surface area contributed by atoms with E-state index in [4.69, 9.17) is 9.47 Å². The second-order valence-corrected chi connectivity index (χ2v) is 8.55. The summed E-state index contributed by atoms with van der Waals surface area (Å²) in [6, 6.07) is 14.2. The molecular weight excluding hydrogens is 442 g/mol. The van der Waals surface area contributed by atoms with Gasteiger partial charge in [-0.2, -0.15) is 0 Å². The molecule has 1 fully saturated rings. The minimum Gasteiger partial charge on any atom is -0.497 e. The SMILES string of the molecule is COc1ccc(NC(=O)c2nnc([C@H]3CCCN(C(=O)Nc4ccccc4OC)C3)s2)cc1. The first-order valence-electron chi connectivity index (χ1n) is 10.5. The number of rotatable bonds is 6. The number of methoxy groups -OCH3 is 2. The Morgan fingerprint density at radius 3 is 2.58 bits per heavy atom. The van der Waals surface area contributed by atoms with Gasteiger partial charge in [-0.25, -0.2) is 4.79 Å². The molecule has 1 atom stereocenters. The fraction of sp³-hybridized carbons (Fsp3) is 0.304. The lowest BCUT2D eigenvalue weighted by molar-refractivity contribution is 0.102. The molecule has 3 aromatic rings. The van der Waals surface area contributed by atoms with E-state index >= 15 is 0 Å². The summed E-state index contributed by atoms with van der Waals surface area (Å²) >= 11 is 1.26. The number of likely N-dealkylation sites (tertiary alicyclic amines) is 1. The summed E-state index contributed by atoms with van der Waals surface area (Å²) in [5, 5.41) is 15.1. The zero-order chi connectivity index (χ0) is 23.2. The topological polar surface area (TPSA) is 106 Å². The first-order chi connectivity index (χ1) is 16.1. The minimum absolute atomic E-state index is 0.0298. The molecule has 3 amide bonds. The number of amides is 3. The number of aromatic nitrogens is 2. The van der Waals surface area contributed by atoms with Gasteiger partial charge in [-0.15, -0.1) is 10.2 Å². The van der Waals surface area contributed by atoms with Crippen molar-refractivity contribution in [2.75, 3.05) is 37.9 Å². The van der Waals surface area contributed by atoms with E-state index in [1.807, 2.05) is 12.1 Å². The van der Waals surface area contributed by atoms with Gasteiger partial charge in [0.25, 0.3) is 5.91 Å². The van der Waals surface area contributed by atoms with Crippen molar-refractivity contribution < 1.29 is 19.1 Å². The Labute approximate surface area is 195 Å². The van der Waals surface area contributed by atoms with Crippen molar-refractivity contribution in [3.05, 3.63) is 58.5 Å². The molecule has 2 heterocycles. The van der Waals surface area contributed by atoms with Gasteiger partial charge in [0.15, 0.2) is 0 Å². The number of hydrogen-bond acceptors (Lipinski definition) is 7. The number of anilines is 2. The summed E-state index contributed by atoms with van der Waals surface area (Å²) in [4.78, 5) is 27.2. The van der Waals surface area contributed by atoms with E-state index in [2.05, 4.69) is 20.8 Å². The molecule has 1 saturated heterocycles. The van der Waals surface area contributed by atoms with Crippen LogP contribution in [-0.4, -0.2) is 54.3 Å². The molecule has 4 rings (SSSR count). The molecule has 0 unspecified atom stereocenters. The number of ether oxygens (including phenoxy) is 2. The molecule has 0 saturated carbocycles. The van der Waals surface area contributed by atoms with Crippen molar-refractivity contribution in [1.82, 2.24) is 15.1 Å². The Morgan fingerprint density at radius 2 is 1.82 bits per heavy atom. The van der Waals surface area contributed by atoms with E-state index < -0.39 is 0 Å². The van der Waals surface area contributed by atoms with E-state index in [0.717, 1.165) is 17.8 Å². The summed E-state index contributed by atoms with van der Waals surface area (Å²) in [6.07, 6.45) is 1.73. The summed E-state index contributed by atoms with van der Waals surface area (Å²) in [6.45, 7) is 1.16. The van der Waals surface area contributed by atoms with Crippen LogP contribution in [0.5, 0.6) is 11.5 Å². The van der Waals surface area contributed by atoms with E-state index in [0.29, 0.717) is 36.0 Å². The van der Waals surface area contributed by atoms with Gasteiger partial charge in [0, 0.05) is 24.7 Å². The van der Waals surface area contributed by atoms with E-state index in [1.165, 1.54) is 11.3 Å². The normalized spacial score (nSPS) is 15.6. The van der Waals surface area contributed by atoms with Gasteiger partial charge in [0.2, 0.25) is 5.01 Å². The van der Waals surface area contributed by atoms with Crippen LogP contribution in [0.4, 0.5) is 16.2 Å². The molecule has 10 heteroatoms. The third kappa shape index (κ3) is 5.40. The number of nitrogens with one attached hydrogen (secondary N) is 2. The maximum absolute atomic E-state index is 12.8. The molecule has 0 radical (unpaired) electrons. The lowest BCUT2D eigenvalue weighted by atomic mass is 9.99. The average Bonchev–Trinajstić information content (AvgIpc) is 3.36. The average molecular weight is 468 g/mol. The van der Waals surface area contributed by atoms with Crippen molar-refractivity contribution >= 4 is 34.6 Å². The Bertz CT molecular complexity index is 1120. The van der Waals surface area contributed by atoms with Crippen molar-refractivity contribution in [2.24, 2.45) is 0 Å². The maximum atomic E-state index is 12.8. The van der Waals surface area contributed by atoms with Gasteiger partial charge < -0.3 is 25.0 Å². The molecule has 9 nitrogen and oxygen atoms in total. The highest BCUT2D eigenvalue weighted by Crippen LogP contribution is 2.30. The van der Waals surface area contributed by atoms with Gasteiger partial charge in [-0.3, -0.25) is 4.79 Å². The number of carbonyl (C=O) groups excluding carboxylic acids is 2. The first kappa shape index (κ1) is 22.5. The molecule has 0 bridgehead atoms. The van der Waals surface area contributed by atoms with Gasteiger partial charge >= 0.3 is 6.03 Å². The smallest absolute Gasteiger partial charge is 0.321 e. The highest BCUT2D eigenvalue weighted by Gasteiger charge is 2.28. The van der Waals surface area contributed by atoms with Crippen LogP contribution in [0.1, 0.15) is 33.6 Å². The summed E-state index contributed by atoms with van der Waals surface area (Å²) in [5.41, 5.74) is 1.27. The molecule has 172 valence electrons. The van der Waals surface area contributed by atoms with Crippen LogP contribution in [0.3, 0.4) is 0 Å². The quantitative estimate of drug-likeness (QED) is 0.562. The summed E-state index contributed by atoms with van der Waals surface area (Å²) in [7, 11) is 3.16. The van der Waals surface area contributed by atoms with Crippen LogP contribution < -0.4 is 20.1 Å². The molecule has 1 aromatic heterocycles. The number of carbonyl (C=O) groups is 2. The number of piperidine rings is 1. The molecule has 2 aromatic carbocycles. The molecule has 1 aliphatic heterocycles. The minimum atomic E-state index is -0.314. The van der Waals surface area contributed by atoms with Gasteiger partial charge in [0.1, 0.15) is 16.5 Å². The zero-order valence-electron chi connectivity index (χ0n) is 18.4. The summed E-state index contributed by atoms with van der Waals surface area (Å²) in [5.74, 6) is 1.03. The fourth-order valence-electron chi connectivity index (χ4n) is 3.66. The van der Waals surface area contributed by atoms with Crippen molar-refractivity contribution in [2.45, 2.75) is 18.8 Å². The lowest BCUT2D eigenvalue weighted by Gasteiger charge is -2.31. The molecule has 1 aliphatic rings. The van der Waals surface area contributed by atoms with Crippen molar-refractivity contribution in [3.8, 4) is 11.5 Å². The number of para-hydroxylation sites is 2. The second-order valence-electron chi connectivity index (χ2n) is 7.54. The molecule has 33 heavy (non-hydrogen) atoms. The van der Waals surface area contributed by atoms with Crippen LogP contribution >= 0.6 is 11.3 Å². The van der Waals surface area contributed by atoms with E-state index in [-0.39, 0.29) is 22.9 Å². The van der Waals surface area contributed by atoms with Crippen LogP contribution in [-0.2, 0) is 0 Å². The third-order valence-electron chi connectivity index (χ3n) is 5.39. The van der Waals surface area contributed by atoms with Gasteiger partial charge in [-0.1, -0.05) is 23.5 Å². The van der Waals surface area contributed by atoms with Gasteiger partial charge in [-0.05, 0) is 49.2 Å². The number of hydrogen-bond donors (Lipinski definition) is 2. The van der Waals surface area contributed by atoms with Crippen molar-refractivity contribution in [1.29, 1.82) is 0 Å². The largest absolute Gasteiger partial charge is 0.497 e. The Morgan fingerprint density at radius 1 is 1.03 bits per heavy atom. The zero-order valence-corrected chi connectivity index (χ0v) is 19.2. The molecule has 0 aliphatic carbocycles.